The Balaban J connectivity index is 4.33. The van der Waals surface area contributed by atoms with Crippen LogP contribution in [0.5, 0.6) is 0 Å². The monoisotopic (exact) mass is 170 g/mol. The predicted octanol–water partition coefficient (Wildman–Crippen LogP) is 3.00. The lowest BCUT2D eigenvalue weighted by atomic mass is 9.78. The molecule has 0 aliphatic carbocycles. The first-order valence-corrected chi connectivity index (χ1v) is 4.81. The molecule has 0 radical (unpaired) electrons. The molecular formula is C11H22O. The Labute approximate surface area is 76.5 Å². The van der Waals surface area contributed by atoms with Crippen molar-refractivity contribution in [2.24, 2.45) is 11.3 Å². The number of aliphatic hydroxyl groups is 1. The molecule has 12 heavy (non-hydrogen) atoms. The molecule has 0 aliphatic heterocycles. The molecule has 0 aromatic carbocycles. The number of hydrogen-bond acceptors (Lipinski definition) is 1. The Morgan fingerprint density at radius 2 is 1.75 bits per heavy atom. The molecule has 0 aliphatic rings. The zero-order valence-electron chi connectivity index (χ0n) is 8.80. The number of hydrogen-bond donors (Lipinski definition) is 1. The van der Waals surface area contributed by atoms with Crippen LogP contribution >= 0.6 is 0 Å². The van der Waals surface area contributed by atoms with Gasteiger partial charge in [0.25, 0.3) is 0 Å². The van der Waals surface area contributed by atoms with Crippen LogP contribution in [-0.2, 0) is 0 Å². The van der Waals surface area contributed by atoms with Crippen molar-refractivity contribution in [2.45, 2.75) is 46.6 Å². The van der Waals surface area contributed by atoms with E-state index in [1.165, 1.54) is 0 Å². The van der Waals surface area contributed by atoms with E-state index in [9.17, 15) is 5.11 Å². The number of rotatable bonds is 5. The molecule has 0 aromatic rings. The van der Waals surface area contributed by atoms with Gasteiger partial charge in [0, 0.05) is 5.41 Å². The van der Waals surface area contributed by atoms with E-state index < -0.39 is 0 Å². The Kier molecular flexibility index (Phi) is 4.54. The van der Waals surface area contributed by atoms with Crippen molar-refractivity contribution in [1.82, 2.24) is 0 Å². The molecular weight excluding hydrogens is 148 g/mol. The summed E-state index contributed by atoms with van der Waals surface area (Å²) in [5, 5.41) is 9.97. The molecule has 0 rings (SSSR count). The van der Waals surface area contributed by atoms with Crippen molar-refractivity contribution in [3.63, 3.8) is 0 Å². The smallest absolute Gasteiger partial charge is 0.0653 e. The van der Waals surface area contributed by atoms with Crippen LogP contribution in [0.15, 0.2) is 12.7 Å². The topological polar surface area (TPSA) is 20.2 Å². The van der Waals surface area contributed by atoms with Crippen molar-refractivity contribution < 1.29 is 5.11 Å². The molecule has 0 amide bonds. The molecule has 0 saturated heterocycles. The average Bonchev–Trinajstić information content (AvgIpc) is 2.06. The van der Waals surface area contributed by atoms with Crippen LogP contribution in [0.25, 0.3) is 0 Å². The van der Waals surface area contributed by atoms with E-state index in [-0.39, 0.29) is 11.5 Å². The lowest BCUT2D eigenvalue weighted by molar-refractivity contribution is 0.0244. The fourth-order valence-electron chi connectivity index (χ4n) is 1.46. The van der Waals surface area contributed by atoms with Gasteiger partial charge in [-0.05, 0) is 5.92 Å². The maximum absolute atomic E-state index is 9.97. The van der Waals surface area contributed by atoms with Crippen molar-refractivity contribution in [3.05, 3.63) is 12.7 Å². The van der Waals surface area contributed by atoms with Crippen LogP contribution in [0, 0.1) is 11.3 Å². The first-order chi connectivity index (χ1) is 5.49. The van der Waals surface area contributed by atoms with Crippen molar-refractivity contribution in [1.29, 1.82) is 0 Å². The molecule has 0 saturated carbocycles. The summed E-state index contributed by atoms with van der Waals surface area (Å²) in [5.41, 5.74) is -0.156. The van der Waals surface area contributed by atoms with Gasteiger partial charge in [-0.2, -0.15) is 0 Å². The minimum absolute atomic E-state index is 0.156. The molecule has 1 unspecified atom stereocenters. The summed E-state index contributed by atoms with van der Waals surface area (Å²) in [4.78, 5) is 0. The van der Waals surface area contributed by atoms with E-state index in [0.29, 0.717) is 5.92 Å². The normalized spacial score (nSPS) is 14.8. The van der Waals surface area contributed by atoms with Gasteiger partial charge in [-0.25, -0.2) is 0 Å². The molecule has 0 fully saturated rings. The van der Waals surface area contributed by atoms with E-state index >= 15 is 0 Å². The number of aliphatic hydroxyl groups excluding tert-OH is 1. The molecule has 72 valence electrons. The van der Waals surface area contributed by atoms with E-state index in [1.54, 1.807) is 0 Å². The van der Waals surface area contributed by atoms with Gasteiger partial charge < -0.3 is 5.11 Å². The van der Waals surface area contributed by atoms with Crippen molar-refractivity contribution in [2.75, 3.05) is 0 Å². The van der Waals surface area contributed by atoms with Crippen LogP contribution in [-0.4, -0.2) is 11.2 Å². The minimum Gasteiger partial charge on any atom is -0.392 e. The Morgan fingerprint density at radius 1 is 1.33 bits per heavy atom. The second kappa shape index (κ2) is 4.66. The highest BCUT2D eigenvalue weighted by Gasteiger charge is 2.29. The summed E-state index contributed by atoms with van der Waals surface area (Å²) in [5.74, 6) is 0.401. The van der Waals surface area contributed by atoms with E-state index in [1.807, 2.05) is 19.9 Å². The fraction of sp³-hybridized carbons (Fsp3) is 0.818. The molecule has 1 nitrogen and oxygen atoms in total. The zero-order chi connectivity index (χ0) is 9.78. The lowest BCUT2D eigenvalue weighted by Gasteiger charge is -2.32. The summed E-state index contributed by atoms with van der Waals surface area (Å²) in [6, 6.07) is 0. The van der Waals surface area contributed by atoms with Gasteiger partial charge in [-0.3, -0.25) is 0 Å². The van der Waals surface area contributed by atoms with Gasteiger partial charge in [0.1, 0.15) is 0 Å². The highest BCUT2D eigenvalue weighted by Crippen LogP contribution is 2.30. The molecule has 0 heterocycles. The van der Waals surface area contributed by atoms with Crippen molar-refractivity contribution >= 4 is 0 Å². The minimum atomic E-state index is -0.259. The van der Waals surface area contributed by atoms with Gasteiger partial charge >= 0.3 is 0 Å². The third kappa shape index (κ3) is 2.63. The van der Waals surface area contributed by atoms with E-state index in [0.717, 1.165) is 12.8 Å². The second-order valence-electron chi connectivity index (χ2n) is 4.05. The lowest BCUT2D eigenvalue weighted by Crippen LogP contribution is -2.33. The third-order valence-electron chi connectivity index (χ3n) is 2.78. The largest absolute Gasteiger partial charge is 0.392 e. The van der Waals surface area contributed by atoms with Crippen LogP contribution in [0.2, 0.25) is 0 Å². The summed E-state index contributed by atoms with van der Waals surface area (Å²) in [7, 11) is 0. The van der Waals surface area contributed by atoms with Gasteiger partial charge in [0.05, 0.1) is 6.10 Å². The summed E-state index contributed by atoms with van der Waals surface area (Å²) < 4.78 is 0. The predicted molar refractivity (Wildman–Crippen MR) is 54.1 cm³/mol. The van der Waals surface area contributed by atoms with Crippen LogP contribution in [0.3, 0.4) is 0 Å². The van der Waals surface area contributed by atoms with Crippen LogP contribution in [0.4, 0.5) is 0 Å². The summed E-state index contributed by atoms with van der Waals surface area (Å²) >= 11 is 0. The van der Waals surface area contributed by atoms with E-state index in [2.05, 4.69) is 20.4 Å². The third-order valence-corrected chi connectivity index (χ3v) is 2.78. The molecule has 1 heteroatoms. The molecule has 1 atom stereocenters. The maximum atomic E-state index is 9.97. The Hall–Kier alpha value is -0.300. The van der Waals surface area contributed by atoms with Crippen molar-refractivity contribution in [3.8, 4) is 0 Å². The highest BCUT2D eigenvalue weighted by molar-refractivity contribution is 4.95. The zero-order valence-corrected chi connectivity index (χ0v) is 8.80. The second-order valence-corrected chi connectivity index (χ2v) is 4.05. The quantitative estimate of drug-likeness (QED) is 0.629. The SMILES string of the molecule is C=CC(C)(C)C(O)C(CC)CC. The molecule has 1 N–H and O–H groups in total. The van der Waals surface area contributed by atoms with Crippen LogP contribution < -0.4 is 0 Å². The average molecular weight is 170 g/mol. The molecule has 0 spiro atoms. The molecule has 0 bridgehead atoms. The van der Waals surface area contributed by atoms with Gasteiger partial charge in [0.15, 0.2) is 0 Å². The van der Waals surface area contributed by atoms with E-state index in [4.69, 9.17) is 0 Å². The van der Waals surface area contributed by atoms with Crippen LogP contribution in [0.1, 0.15) is 40.5 Å². The first kappa shape index (κ1) is 11.7. The fourth-order valence-corrected chi connectivity index (χ4v) is 1.46. The maximum Gasteiger partial charge on any atom is 0.0653 e. The highest BCUT2D eigenvalue weighted by atomic mass is 16.3. The summed E-state index contributed by atoms with van der Waals surface area (Å²) in [6.45, 7) is 12.0. The van der Waals surface area contributed by atoms with Gasteiger partial charge in [-0.1, -0.05) is 46.6 Å². The van der Waals surface area contributed by atoms with Gasteiger partial charge in [0.2, 0.25) is 0 Å². The summed E-state index contributed by atoms with van der Waals surface area (Å²) in [6.07, 6.45) is 3.66. The standard InChI is InChI=1S/C11H22O/c1-6-9(7-2)10(12)11(4,5)8-3/h8-10,12H,3,6-7H2,1-2,4-5H3. The first-order valence-electron chi connectivity index (χ1n) is 4.81. The molecule has 0 aromatic heterocycles. The Bertz CT molecular complexity index is 134. The Morgan fingerprint density at radius 3 is 2.00 bits per heavy atom. The van der Waals surface area contributed by atoms with Gasteiger partial charge in [-0.15, -0.1) is 6.58 Å².